The first-order chi connectivity index (χ1) is 7.33. The third-order valence-electron chi connectivity index (χ3n) is 2.69. The summed E-state index contributed by atoms with van der Waals surface area (Å²) in [5, 5.41) is 2.10. The highest BCUT2D eigenvalue weighted by atomic mass is 32.1. The number of nitrogens with one attached hydrogen (secondary N) is 1. The average molecular weight is 233 g/mol. The van der Waals surface area contributed by atoms with Gasteiger partial charge in [-0.3, -0.25) is 0 Å². The van der Waals surface area contributed by atoms with Crippen molar-refractivity contribution in [2.45, 2.75) is 18.8 Å². The molecule has 1 nitrogen and oxygen atoms in total. The molecule has 0 spiro atoms. The summed E-state index contributed by atoms with van der Waals surface area (Å²) in [6, 6.07) is 8.52. The standard InChI is InChI=1S/C12H11NS2/c14-12-7-9(11-2-1-5-15-11)6-10(13-12)8-3-4-8/h1-2,5-8H,3-4H2,(H,13,14). The lowest BCUT2D eigenvalue weighted by Crippen LogP contribution is -1.87. The molecule has 3 heteroatoms. The SMILES string of the molecule is S=c1cc(-c2cccs2)cc(C2CC2)[nH]1. The number of hydrogen-bond acceptors (Lipinski definition) is 2. The minimum absolute atomic E-state index is 0.728. The Hall–Kier alpha value is -0.930. The van der Waals surface area contributed by atoms with Gasteiger partial charge in [-0.15, -0.1) is 11.3 Å². The number of thiophene rings is 1. The second-order valence-electron chi connectivity index (χ2n) is 3.94. The highest BCUT2D eigenvalue weighted by Gasteiger charge is 2.24. The predicted molar refractivity (Wildman–Crippen MR) is 66.9 cm³/mol. The lowest BCUT2D eigenvalue weighted by Gasteiger charge is -2.02. The van der Waals surface area contributed by atoms with Crippen LogP contribution in [0, 0.1) is 4.64 Å². The van der Waals surface area contributed by atoms with Gasteiger partial charge in [0.15, 0.2) is 0 Å². The van der Waals surface area contributed by atoms with Gasteiger partial charge in [-0.2, -0.15) is 0 Å². The molecule has 1 saturated carbocycles. The topological polar surface area (TPSA) is 15.8 Å². The molecule has 0 atom stereocenters. The molecule has 2 heterocycles. The average Bonchev–Trinajstić information content (AvgIpc) is 2.93. The smallest absolute Gasteiger partial charge is 0.104 e. The molecule has 0 bridgehead atoms. The van der Waals surface area contributed by atoms with E-state index in [-0.39, 0.29) is 0 Å². The number of H-pyrrole nitrogens is 1. The van der Waals surface area contributed by atoms with Crippen molar-refractivity contribution in [3.05, 3.63) is 40.0 Å². The first kappa shape index (κ1) is 9.31. The molecule has 76 valence electrons. The Labute approximate surface area is 97.8 Å². The fourth-order valence-corrected chi connectivity index (χ4v) is 2.72. The summed E-state index contributed by atoms with van der Waals surface area (Å²) in [6.45, 7) is 0. The molecule has 3 rings (SSSR count). The molecule has 1 N–H and O–H groups in total. The summed E-state index contributed by atoms with van der Waals surface area (Å²) < 4.78 is 0.850. The zero-order chi connectivity index (χ0) is 10.3. The Morgan fingerprint density at radius 1 is 1.33 bits per heavy atom. The van der Waals surface area contributed by atoms with Gasteiger partial charge in [-0.1, -0.05) is 18.3 Å². The molecule has 2 aromatic rings. The molecule has 0 amide bonds. The van der Waals surface area contributed by atoms with E-state index in [1.54, 1.807) is 11.3 Å². The zero-order valence-corrected chi connectivity index (χ0v) is 9.83. The predicted octanol–water partition coefficient (Wildman–Crippen LogP) is 4.35. The van der Waals surface area contributed by atoms with Crippen LogP contribution in [0.25, 0.3) is 10.4 Å². The van der Waals surface area contributed by atoms with Crippen molar-refractivity contribution in [2.24, 2.45) is 0 Å². The van der Waals surface area contributed by atoms with Crippen LogP contribution in [0.2, 0.25) is 0 Å². The second kappa shape index (κ2) is 3.58. The van der Waals surface area contributed by atoms with Crippen molar-refractivity contribution >= 4 is 23.6 Å². The minimum Gasteiger partial charge on any atom is -0.350 e. The molecule has 15 heavy (non-hydrogen) atoms. The van der Waals surface area contributed by atoms with E-state index in [2.05, 4.69) is 28.6 Å². The summed E-state index contributed by atoms with van der Waals surface area (Å²) in [7, 11) is 0. The molecule has 0 unspecified atom stereocenters. The van der Waals surface area contributed by atoms with Gasteiger partial charge in [-0.05, 0) is 47.9 Å². The van der Waals surface area contributed by atoms with E-state index in [4.69, 9.17) is 12.2 Å². The quantitative estimate of drug-likeness (QED) is 0.762. The third-order valence-corrected chi connectivity index (χ3v) is 3.83. The van der Waals surface area contributed by atoms with Crippen LogP contribution >= 0.6 is 23.6 Å². The first-order valence-corrected chi connectivity index (χ1v) is 6.40. The van der Waals surface area contributed by atoms with Gasteiger partial charge in [0.25, 0.3) is 0 Å². The number of rotatable bonds is 2. The van der Waals surface area contributed by atoms with E-state index >= 15 is 0 Å². The summed E-state index contributed by atoms with van der Waals surface area (Å²) in [5.41, 5.74) is 2.57. The maximum atomic E-state index is 5.26. The van der Waals surface area contributed by atoms with Crippen molar-refractivity contribution in [1.82, 2.24) is 4.98 Å². The summed E-state index contributed by atoms with van der Waals surface area (Å²) in [4.78, 5) is 4.59. The number of aromatic nitrogens is 1. The van der Waals surface area contributed by atoms with Crippen LogP contribution in [0.4, 0.5) is 0 Å². The summed E-state index contributed by atoms with van der Waals surface area (Å²) >= 11 is 7.02. The Bertz CT molecular complexity index is 521. The molecule has 0 aliphatic heterocycles. The molecular weight excluding hydrogens is 222 g/mol. The van der Waals surface area contributed by atoms with E-state index in [1.807, 2.05) is 6.07 Å². The lowest BCUT2D eigenvalue weighted by molar-refractivity contribution is 1.02. The van der Waals surface area contributed by atoms with Crippen molar-refractivity contribution in [1.29, 1.82) is 0 Å². The minimum atomic E-state index is 0.728. The fraction of sp³-hybridized carbons (Fsp3) is 0.250. The van der Waals surface area contributed by atoms with Crippen LogP contribution in [0.3, 0.4) is 0 Å². The highest BCUT2D eigenvalue weighted by Crippen LogP contribution is 2.40. The van der Waals surface area contributed by atoms with Crippen molar-refractivity contribution in [3.63, 3.8) is 0 Å². The van der Waals surface area contributed by atoms with Crippen molar-refractivity contribution in [3.8, 4) is 10.4 Å². The summed E-state index contributed by atoms with van der Waals surface area (Å²) in [5.74, 6) is 0.728. The largest absolute Gasteiger partial charge is 0.350 e. The normalized spacial score (nSPS) is 15.5. The van der Waals surface area contributed by atoms with Crippen LogP contribution in [-0.2, 0) is 0 Å². The van der Waals surface area contributed by atoms with E-state index < -0.39 is 0 Å². The van der Waals surface area contributed by atoms with Gasteiger partial charge >= 0.3 is 0 Å². The highest BCUT2D eigenvalue weighted by molar-refractivity contribution is 7.71. The maximum Gasteiger partial charge on any atom is 0.104 e. The van der Waals surface area contributed by atoms with Gasteiger partial charge < -0.3 is 4.98 Å². The Balaban J connectivity index is 2.11. The second-order valence-corrected chi connectivity index (χ2v) is 5.33. The van der Waals surface area contributed by atoms with Gasteiger partial charge in [-0.25, -0.2) is 0 Å². The molecular formula is C12H11NS2. The Kier molecular flexibility index (Phi) is 2.22. The van der Waals surface area contributed by atoms with Gasteiger partial charge in [0.1, 0.15) is 4.64 Å². The molecule has 0 radical (unpaired) electrons. The van der Waals surface area contributed by atoms with Gasteiger partial charge in [0, 0.05) is 10.6 Å². The van der Waals surface area contributed by atoms with E-state index in [9.17, 15) is 0 Å². The molecule has 1 aliphatic carbocycles. The van der Waals surface area contributed by atoms with E-state index in [1.165, 1.54) is 29.0 Å². The monoisotopic (exact) mass is 233 g/mol. The molecule has 0 saturated heterocycles. The van der Waals surface area contributed by atoms with Crippen molar-refractivity contribution < 1.29 is 0 Å². The van der Waals surface area contributed by atoms with Gasteiger partial charge in [0.05, 0.1) is 0 Å². The van der Waals surface area contributed by atoms with Crippen LogP contribution < -0.4 is 0 Å². The molecule has 0 aromatic carbocycles. The van der Waals surface area contributed by atoms with Gasteiger partial charge in [0.2, 0.25) is 0 Å². The number of aromatic amines is 1. The Morgan fingerprint density at radius 2 is 2.20 bits per heavy atom. The van der Waals surface area contributed by atoms with Crippen LogP contribution in [0.15, 0.2) is 29.6 Å². The fourth-order valence-electron chi connectivity index (χ4n) is 1.76. The molecule has 1 aliphatic rings. The van der Waals surface area contributed by atoms with Crippen LogP contribution in [0.1, 0.15) is 24.5 Å². The van der Waals surface area contributed by atoms with Crippen LogP contribution in [-0.4, -0.2) is 4.98 Å². The van der Waals surface area contributed by atoms with E-state index in [0.29, 0.717) is 0 Å². The summed E-state index contributed by atoms with van der Waals surface area (Å²) in [6.07, 6.45) is 2.61. The number of pyridine rings is 1. The molecule has 2 aromatic heterocycles. The molecule has 1 fully saturated rings. The number of hydrogen-bond donors (Lipinski definition) is 1. The van der Waals surface area contributed by atoms with Crippen LogP contribution in [0.5, 0.6) is 0 Å². The zero-order valence-electron chi connectivity index (χ0n) is 8.19. The van der Waals surface area contributed by atoms with E-state index in [0.717, 1.165) is 10.6 Å². The van der Waals surface area contributed by atoms with Crippen molar-refractivity contribution in [2.75, 3.05) is 0 Å². The third kappa shape index (κ3) is 1.90. The first-order valence-electron chi connectivity index (χ1n) is 5.11. The Morgan fingerprint density at radius 3 is 2.87 bits per heavy atom. The lowest BCUT2D eigenvalue weighted by atomic mass is 10.1. The maximum absolute atomic E-state index is 5.26.